The van der Waals surface area contributed by atoms with Crippen molar-refractivity contribution < 1.29 is 0 Å². The molecule has 0 radical (unpaired) electrons. The van der Waals surface area contributed by atoms with Gasteiger partial charge in [0.1, 0.15) is 5.69 Å². The van der Waals surface area contributed by atoms with Gasteiger partial charge in [0, 0.05) is 26.2 Å². The zero-order valence-electron chi connectivity index (χ0n) is 15.7. The molecule has 27 heavy (non-hydrogen) atoms. The minimum atomic E-state index is -0.446. The van der Waals surface area contributed by atoms with E-state index in [9.17, 15) is 9.59 Å². The average molecular weight is 361 g/mol. The van der Waals surface area contributed by atoms with Crippen LogP contribution in [0.3, 0.4) is 0 Å². The lowest BCUT2D eigenvalue weighted by molar-refractivity contribution is 0.313. The maximum atomic E-state index is 12.3. The van der Waals surface area contributed by atoms with E-state index in [0.29, 0.717) is 11.3 Å². The van der Waals surface area contributed by atoms with Crippen LogP contribution < -0.4 is 21.1 Å². The molecular formula is C22H23N3O2. The smallest absolute Gasteiger partial charge is 0.250 e. The molecule has 138 valence electrons. The number of nitrogens with zero attached hydrogens (tertiary/aromatic N) is 2. The molecule has 0 aliphatic carbocycles. The number of likely N-dealkylation sites (N-methyl/N-ethyl adjacent to an activating group) is 1. The van der Waals surface area contributed by atoms with Gasteiger partial charge in [0.25, 0.3) is 5.43 Å². The van der Waals surface area contributed by atoms with Crippen LogP contribution in [-0.4, -0.2) is 38.1 Å². The van der Waals surface area contributed by atoms with Gasteiger partial charge >= 0.3 is 0 Å². The van der Waals surface area contributed by atoms with Crippen LogP contribution in [0.1, 0.15) is 5.56 Å². The lowest BCUT2D eigenvalue weighted by Crippen LogP contribution is -2.44. The van der Waals surface area contributed by atoms with Gasteiger partial charge in [-0.3, -0.25) is 9.59 Å². The van der Waals surface area contributed by atoms with Crippen LogP contribution in [0.25, 0.3) is 11.1 Å². The Bertz CT molecular complexity index is 1020. The molecular weight excluding hydrogens is 338 g/mol. The first kappa shape index (κ1) is 17.5. The van der Waals surface area contributed by atoms with Crippen molar-refractivity contribution in [2.24, 2.45) is 0 Å². The van der Waals surface area contributed by atoms with Crippen LogP contribution >= 0.6 is 0 Å². The largest absolute Gasteiger partial charge is 0.367 e. The molecule has 0 bridgehead atoms. The highest BCUT2D eigenvalue weighted by atomic mass is 16.2. The van der Waals surface area contributed by atoms with Gasteiger partial charge in [-0.1, -0.05) is 42.0 Å². The molecule has 0 saturated carbocycles. The maximum absolute atomic E-state index is 12.3. The number of nitrogens with one attached hydrogen (secondary N) is 1. The molecule has 1 aliphatic rings. The number of aryl methyl sites for hydroxylation is 1. The first-order chi connectivity index (χ1) is 13.0. The third-order valence-electron chi connectivity index (χ3n) is 5.26. The first-order valence-electron chi connectivity index (χ1n) is 9.24. The minimum absolute atomic E-state index is 0.394. The second-order valence-corrected chi connectivity index (χ2v) is 7.21. The fourth-order valence-corrected chi connectivity index (χ4v) is 3.54. The normalized spacial score (nSPS) is 15.3. The second-order valence-electron chi connectivity index (χ2n) is 7.21. The van der Waals surface area contributed by atoms with E-state index < -0.39 is 10.9 Å². The zero-order valence-corrected chi connectivity index (χ0v) is 15.7. The van der Waals surface area contributed by atoms with E-state index in [1.165, 1.54) is 0 Å². The monoisotopic (exact) mass is 361 g/mol. The number of anilines is 3. The van der Waals surface area contributed by atoms with Crippen molar-refractivity contribution in [3.05, 3.63) is 74.5 Å². The molecule has 0 unspecified atom stereocenters. The van der Waals surface area contributed by atoms with E-state index in [1.807, 2.05) is 49.4 Å². The average Bonchev–Trinajstić information content (AvgIpc) is 2.70. The molecule has 0 spiro atoms. The lowest BCUT2D eigenvalue weighted by Gasteiger charge is -2.35. The zero-order chi connectivity index (χ0) is 19.0. The van der Waals surface area contributed by atoms with Crippen LogP contribution in [0.5, 0.6) is 0 Å². The van der Waals surface area contributed by atoms with Crippen LogP contribution in [0.15, 0.2) is 58.1 Å². The molecule has 0 amide bonds. The molecule has 1 aliphatic heterocycles. The minimum Gasteiger partial charge on any atom is -0.367 e. The number of piperazine rings is 1. The Morgan fingerprint density at radius 3 is 2.22 bits per heavy atom. The summed E-state index contributed by atoms with van der Waals surface area (Å²) in [7, 11) is 2.12. The van der Waals surface area contributed by atoms with Crippen LogP contribution in [0.4, 0.5) is 17.1 Å². The summed E-state index contributed by atoms with van der Waals surface area (Å²) in [6.07, 6.45) is 0. The van der Waals surface area contributed by atoms with Gasteiger partial charge in [-0.05, 0) is 31.7 Å². The standard InChI is InChI=1S/C22H23N3O2/c1-15-7-9-16(10-8-15)19-20(22(27)21(19)26)23-17-5-3-4-6-18(17)25-13-11-24(2)12-14-25/h3-10,23H,11-14H2,1-2H3. The Labute approximate surface area is 158 Å². The topological polar surface area (TPSA) is 52.6 Å². The summed E-state index contributed by atoms with van der Waals surface area (Å²) in [6, 6.07) is 15.7. The SMILES string of the molecule is Cc1ccc(-c2c(Nc3ccccc3N3CCN(C)CC3)c(=O)c2=O)cc1. The van der Waals surface area contributed by atoms with E-state index >= 15 is 0 Å². The number of hydrogen-bond acceptors (Lipinski definition) is 5. The van der Waals surface area contributed by atoms with E-state index in [4.69, 9.17) is 0 Å². The summed E-state index contributed by atoms with van der Waals surface area (Å²) in [4.78, 5) is 29.1. The highest BCUT2D eigenvalue weighted by Gasteiger charge is 2.24. The molecule has 5 heteroatoms. The molecule has 3 aromatic rings. The van der Waals surface area contributed by atoms with Crippen LogP contribution in [0.2, 0.25) is 0 Å². The third-order valence-corrected chi connectivity index (χ3v) is 5.26. The predicted molar refractivity (Wildman–Crippen MR) is 111 cm³/mol. The van der Waals surface area contributed by atoms with E-state index in [1.54, 1.807) is 0 Å². The lowest BCUT2D eigenvalue weighted by atomic mass is 9.97. The first-order valence-corrected chi connectivity index (χ1v) is 9.24. The van der Waals surface area contributed by atoms with Crippen molar-refractivity contribution in [3.8, 4) is 11.1 Å². The Morgan fingerprint density at radius 1 is 0.852 bits per heavy atom. The van der Waals surface area contributed by atoms with E-state index in [-0.39, 0.29) is 0 Å². The van der Waals surface area contributed by atoms with Crippen molar-refractivity contribution in [3.63, 3.8) is 0 Å². The molecule has 1 heterocycles. The Morgan fingerprint density at radius 2 is 1.52 bits per heavy atom. The highest BCUT2D eigenvalue weighted by Crippen LogP contribution is 2.32. The summed E-state index contributed by atoms with van der Waals surface area (Å²) in [5.41, 5.74) is 3.84. The van der Waals surface area contributed by atoms with E-state index in [2.05, 4.69) is 28.2 Å². The molecule has 0 aromatic heterocycles. The van der Waals surface area contributed by atoms with Gasteiger partial charge in [-0.15, -0.1) is 0 Å². The summed E-state index contributed by atoms with van der Waals surface area (Å²) in [6.45, 7) is 5.88. The summed E-state index contributed by atoms with van der Waals surface area (Å²) in [5.74, 6) is 0. The molecule has 1 saturated heterocycles. The molecule has 1 N–H and O–H groups in total. The summed E-state index contributed by atoms with van der Waals surface area (Å²) < 4.78 is 0. The predicted octanol–water partition coefficient (Wildman–Crippen LogP) is 2.75. The highest BCUT2D eigenvalue weighted by molar-refractivity contribution is 5.87. The van der Waals surface area contributed by atoms with Gasteiger partial charge < -0.3 is 15.1 Å². The number of hydrogen-bond donors (Lipinski definition) is 1. The summed E-state index contributed by atoms with van der Waals surface area (Å²) >= 11 is 0. The van der Waals surface area contributed by atoms with Crippen molar-refractivity contribution in [1.29, 1.82) is 0 Å². The van der Waals surface area contributed by atoms with Crippen LogP contribution in [-0.2, 0) is 0 Å². The van der Waals surface area contributed by atoms with Gasteiger partial charge in [0.2, 0.25) is 5.43 Å². The molecule has 5 nitrogen and oxygen atoms in total. The quantitative estimate of drug-likeness (QED) is 0.724. The molecule has 4 rings (SSSR count). The van der Waals surface area contributed by atoms with Crippen molar-refractivity contribution in [2.75, 3.05) is 43.4 Å². The molecule has 0 atom stereocenters. The van der Waals surface area contributed by atoms with Crippen LogP contribution in [0, 0.1) is 6.92 Å². The van der Waals surface area contributed by atoms with Gasteiger partial charge in [-0.25, -0.2) is 0 Å². The third kappa shape index (κ3) is 3.26. The Hall–Kier alpha value is -2.92. The van der Waals surface area contributed by atoms with Gasteiger partial charge in [0.05, 0.1) is 16.9 Å². The fourth-order valence-electron chi connectivity index (χ4n) is 3.54. The van der Waals surface area contributed by atoms with Crippen molar-refractivity contribution in [2.45, 2.75) is 6.92 Å². The number of para-hydroxylation sites is 2. The fraction of sp³-hybridized carbons (Fsp3) is 0.273. The number of benzene rings is 2. The molecule has 1 fully saturated rings. The summed E-state index contributed by atoms with van der Waals surface area (Å²) in [5, 5.41) is 3.25. The Balaban J connectivity index is 1.66. The second kappa shape index (κ2) is 7.00. The molecule has 3 aromatic carbocycles. The van der Waals surface area contributed by atoms with E-state index in [0.717, 1.165) is 48.7 Å². The maximum Gasteiger partial charge on any atom is 0.250 e. The van der Waals surface area contributed by atoms with Crippen molar-refractivity contribution in [1.82, 2.24) is 4.90 Å². The number of rotatable bonds is 4. The Kier molecular flexibility index (Phi) is 4.54. The van der Waals surface area contributed by atoms with Gasteiger partial charge in [0.15, 0.2) is 0 Å². The van der Waals surface area contributed by atoms with Crippen molar-refractivity contribution >= 4 is 17.1 Å². The van der Waals surface area contributed by atoms with Gasteiger partial charge in [-0.2, -0.15) is 0 Å².